The maximum absolute atomic E-state index is 9.72. The summed E-state index contributed by atoms with van der Waals surface area (Å²) in [4.78, 5) is 8.94. The number of fused-ring (bicyclic) bond motifs is 1. The van der Waals surface area contributed by atoms with Crippen molar-refractivity contribution < 1.29 is 5.11 Å². The van der Waals surface area contributed by atoms with Crippen molar-refractivity contribution in [3.63, 3.8) is 0 Å². The van der Waals surface area contributed by atoms with Crippen LogP contribution < -0.4 is 10.6 Å². The zero-order chi connectivity index (χ0) is 20.3. The first kappa shape index (κ1) is 18.6. The van der Waals surface area contributed by atoms with Crippen LogP contribution in [-0.2, 0) is 0 Å². The van der Waals surface area contributed by atoms with E-state index in [2.05, 4.69) is 20.6 Å². The molecule has 3 heterocycles. The lowest BCUT2D eigenvalue weighted by Crippen LogP contribution is -2.28. The molecule has 3 aromatic heterocycles. The van der Waals surface area contributed by atoms with E-state index in [9.17, 15) is 5.11 Å². The highest BCUT2D eigenvalue weighted by Gasteiger charge is 2.19. The van der Waals surface area contributed by atoms with Crippen molar-refractivity contribution >= 4 is 23.0 Å². The van der Waals surface area contributed by atoms with Crippen LogP contribution in [0, 0.1) is 0 Å². The number of nitrogens with one attached hydrogen (secondary N) is 2. The zero-order valence-electron chi connectivity index (χ0n) is 16.6. The molecule has 1 fully saturated rings. The first-order valence-corrected chi connectivity index (χ1v) is 10.3. The second-order valence-corrected chi connectivity index (χ2v) is 7.70. The molecule has 0 atom stereocenters. The fourth-order valence-electron chi connectivity index (χ4n) is 3.90. The Hall–Kier alpha value is -3.45. The molecule has 0 amide bonds. The van der Waals surface area contributed by atoms with E-state index in [4.69, 9.17) is 5.10 Å². The molecular weight excluding hydrogens is 376 g/mol. The van der Waals surface area contributed by atoms with Gasteiger partial charge in [-0.2, -0.15) is 0 Å². The molecule has 1 aromatic carbocycles. The molecule has 0 unspecified atom stereocenters. The van der Waals surface area contributed by atoms with E-state index in [1.807, 2.05) is 65.3 Å². The van der Waals surface area contributed by atoms with Crippen molar-refractivity contribution in [2.45, 2.75) is 37.8 Å². The number of hydrogen-bond acceptors (Lipinski definition) is 6. The third kappa shape index (κ3) is 3.97. The molecule has 7 nitrogen and oxygen atoms in total. The number of hydrogen-bond donors (Lipinski definition) is 3. The number of aliphatic hydroxyl groups is 1. The van der Waals surface area contributed by atoms with E-state index in [-0.39, 0.29) is 6.10 Å². The average molecular weight is 400 g/mol. The van der Waals surface area contributed by atoms with E-state index < -0.39 is 0 Å². The van der Waals surface area contributed by atoms with Gasteiger partial charge >= 0.3 is 0 Å². The molecular formula is C23H24N6O. The van der Waals surface area contributed by atoms with Crippen LogP contribution in [0.5, 0.6) is 0 Å². The molecule has 4 aromatic rings. The number of imidazole rings is 1. The standard InChI is InChI=1S/C23H24N6O/c30-19-8-6-18(7-9-19)26-21-10-11-23-25-15-20(29(23)28-21)16-12-13-24-22(14-16)27-17-4-2-1-3-5-17/h1-5,10-15,18-19,30H,6-9H2,(H,24,27)(H,26,28). The van der Waals surface area contributed by atoms with Gasteiger partial charge in [0.05, 0.1) is 18.0 Å². The predicted octanol–water partition coefficient (Wildman–Crippen LogP) is 4.25. The van der Waals surface area contributed by atoms with Gasteiger partial charge < -0.3 is 15.7 Å². The highest BCUT2D eigenvalue weighted by Crippen LogP contribution is 2.25. The molecule has 5 rings (SSSR count). The van der Waals surface area contributed by atoms with Crippen molar-refractivity contribution in [1.29, 1.82) is 0 Å². The van der Waals surface area contributed by atoms with Gasteiger partial charge in [-0.1, -0.05) is 18.2 Å². The number of para-hydroxylation sites is 1. The monoisotopic (exact) mass is 400 g/mol. The van der Waals surface area contributed by atoms with E-state index >= 15 is 0 Å². The van der Waals surface area contributed by atoms with Gasteiger partial charge in [-0.15, -0.1) is 5.10 Å². The van der Waals surface area contributed by atoms with Crippen molar-refractivity contribution in [1.82, 2.24) is 19.6 Å². The van der Waals surface area contributed by atoms with Crippen molar-refractivity contribution in [3.8, 4) is 11.3 Å². The lowest BCUT2D eigenvalue weighted by Gasteiger charge is -2.26. The van der Waals surface area contributed by atoms with E-state index in [1.54, 1.807) is 6.20 Å². The van der Waals surface area contributed by atoms with Crippen LogP contribution in [0.25, 0.3) is 16.9 Å². The molecule has 152 valence electrons. The van der Waals surface area contributed by atoms with Gasteiger partial charge in [0.2, 0.25) is 0 Å². The third-order valence-electron chi connectivity index (χ3n) is 5.51. The summed E-state index contributed by atoms with van der Waals surface area (Å²) in [5, 5.41) is 21.3. The minimum absolute atomic E-state index is 0.163. The normalized spacial score (nSPS) is 19.0. The second kappa shape index (κ2) is 8.12. The fraction of sp³-hybridized carbons (Fsp3) is 0.261. The summed E-state index contributed by atoms with van der Waals surface area (Å²) in [6.45, 7) is 0. The number of aliphatic hydroxyl groups excluding tert-OH is 1. The fourth-order valence-corrected chi connectivity index (χ4v) is 3.90. The van der Waals surface area contributed by atoms with Gasteiger partial charge in [-0.05, 0) is 62.1 Å². The Balaban J connectivity index is 1.41. The van der Waals surface area contributed by atoms with Gasteiger partial charge in [0.15, 0.2) is 5.65 Å². The summed E-state index contributed by atoms with van der Waals surface area (Å²) in [5.41, 5.74) is 3.68. The van der Waals surface area contributed by atoms with Crippen LogP contribution >= 0.6 is 0 Å². The largest absolute Gasteiger partial charge is 0.393 e. The third-order valence-corrected chi connectivity index (χ3v) is 5.51. The van der Waals surface area contributed by atoms with Crippen molar-refractivity contribution in [2.24, 2.45) is 0 Å². The van der Waals surface area contributed by atoms with Crippen LogP contribution in [0.3, 0.4) is 0 Å². The lowest BCUT2D eigenvalue weighted by molar-refractivity contribution is 0.126. The Bertz CT molecular complexity index is 1130. The Kier molecular flexibility index (Phi) is 5.03. The van der Waals surface area contributed by atoms with Crippen LogP contribution in [0.4, 0.5) is 17.3 Å². The first-order chi connectivity index (χ1) is 14.7. The van der Waals surface area contributed by atoms with Crippen LogP contribution in [0.1, 0.15) is 25.7 Å². The Morgan fingerprint density at radius 3 is 2.57 bits per heavy atom. The molecule has 0 radical (unpaired) electrons. The van der Waals surface area contributed by atoms with Crippen molar-refractivity contribution in [2.75, 3.05) is 10.6 Å². The van der Waals surface area contributed by atoms with E-state index in [0.29, 0.717) is 6.04 Å². The van der Waals surface area contributed by atoms with E-state index in [0.717, 1.165) is 59.9 Å². The maximum Gasteiger partial charge on any atom is 0.154 e. The molecule has 0 spiro atoms. The summed E-state index contributed by atoms with van der Waals surface area (Å²) in [6, 6.07) is 18.2. The Morgan fingerprint density at radius 1 is 0.900 bits per heavy atom. The number of benzene rings is 1. The quantitative estimate of drug-likeness (QED) is 0.464. The van der Waals surface area contributed by atoms with Crippen LogP contribution in [0.2, 0.25) is 0 Å². The van der Waals surface area contributed by atoms with Gasteiger partial charge in [0.1, 0.15) is 11.6 Å². The molecule has 0 bridgehead atoms. The van der Waals surface area contributed by atoms with Gasteiger partial charge in [-0.3, -0.25) is 0 Å². The SMILES string of the molecule is OC1CCC(Nc2ccc3ncc(-c4ccnc(Nc5ccccc5)c4)n3n2)CC1. The molecule has 30 heavy (non-hydrogen) atoms. The highest BCUT2D eigenvalue weighted by atomic mass is 16.3. The summed E-state index contributed by atoms with van der Waals surface area (Å²) < 4.78 is 1.86. The van der Waals surface area contributed by atoms with Gasteiger partial charge in [0.25, 0.3) is 0 Å². The molecule has 0 aliphatic heterocycles. The smallest absolute Gasteiger partial charge is 0.154 e. The molecule has 1 saturated carbocycles. The predicted molar refractivity (Wildman–Crippen MR) is 118 cm³/mol. The number of anilines is 3. The minimum Gasteiger partial charge on any atom is -0.393 e. The van der Waals surface area contributed by atoms with Gasteiger partial charge in [-0.25, -0.2) is 14.5 Å². The highest BCUT2D eigenvalue weighted by molar-refractivity contribution is 5.68. The topological polar surface area (TPSA) is 87.4 Å². The zero-order valence-corrected chi connectivity index (χ0v) is 16.6. The van der Waals surface area contributed by atoms with Crippen molar-refractivity contribution in [3.05, 3.63) is 67.0 Å². The molecule has 3 N–H and O–H groups in total. The second-order valence-electron chi connectivity index (χ2n) is 7.70. The number of aromatic nitrogens is 4. The van der Waals surface area contributed by atoms with Crippen LogP contribution in [-0.4, -0.2) is 36.8 Å². The van der Waals surface area contributed by atoms with E-state index in [1.165, 1.54) is 0 Å². The average Bonchev–Trinajstić information content (AvgIpc) is 3.20. The number of nitrogens with zero attached hydrogens (tertiary/aromatic N) is 4. The first-order valence-electron chi connectivity index (χ1n) is 10.3. The minimum atomic E-state index is -0.163. The summed E-state index contributed by atoms with van der Waals surface area (Å²) in [7, 11) is 0. The summed E-state index contributed by atoms with van der Waals surface area (Å²) in [5.74, 6) is 1.59. The maximum atomic E-state index is 9.72. The Labute approximate surface area is 174 Å². The Morgan fingerprint density at radius 2 is 1.73 bits per heavy atom. The molecule has 0 saturated heterocycles. The molecule has 1 aliphatic carbocycles. The molecule has 1 aliphatic rings. The number of pyridine rings is 1. The summed E-state index contributed by atoms with van der Waals surface area (Å²) >= 11 is 0. The molecule has 7 heteroatoms. The summed E-state index contributed by atoms with van der Waals surface area (Å²) in [6.07, 6.45) is 7.05. The number of rotatable bonds is 5. The van der Waals surface area contributed by atoms with Crippen LogP contribution in [0.15, 0.2) is 67.0 Å². The van der Waals surface area contributed by atoms with Gasteiger partial charge in [0, 0.05) is 23.5 Å². The lowest BCUT2D eigenvalue weighted by atomic mass is 9.93.